The van der Waals surface area contributed by atoms with Gasteiger partial charge in [0.25, 0.3) is 0 Å². The molecule has 0 unspecified atom stereocenters. The van der Waals surface area contributed by atoms with Crippen molar-refractivity contribution < 1.29 is 9.50 Å². The van der Waals surface area contributed by atoms with Gasteiger partial charge in [-0.1, -0.05) is 0 Å². The van der Waals surface area contributed by atoms with Crippen LogP contribution in [0.25, 0.3) is 0 Å². The van der Waals surface area contributed by atoms with Gasteiger partial charge in [0.05, 0.1) is 0 Å². The summed E-state index contributed by atoms with van der Waals surface area (Å²) in [7, 11) is 0. The van der Waals surface area contributed by atoms with E-state index in [-0.39, 0.29) is 11.6 Å². The highest BCUT2D eigenvalue weighted by Gasteiger charge is 2.03. The lowest BCUT2D eigenvalue weighted by molar-refractivity contribution is 0.461. The number of aryl methyl sites for hydroxylation is 1. The van der Waals surface area contributed by atoms with Gasteiger partial charge >= 0.3 is 0 Å². The van der Waals surface area contributed by atoms with Gasteiger partial charge in [0, 0.05) is 23.5 Å². The summed E-state index contributed by atoms with van der Waals surface area (Å²) in [6.45, 7) is 3.26. The van der Waals surface area contributed by atoms with Crippen molar-refractivity contribution in [2.24, 2.45) is 0 Å². The SMILES string of the molecule is Cc1ccsc1CNCc1cc(F)ccc1O. The van der Waals surface area contributed by atoms with Gasteiger partial charge in [-0.2, -0.15) is 0 Å². The van der Waals surface area contributed by atoms with E-state index in [1.165, 1.54) is 28.6 Å². The molecule has 1 aromatic heterocycles. The molecule has 4 heteroatoms. The summed E-state index contributed by atoms with van der Waals surface area (Å²) in [5, 5.41) is 14.8. The third kappa shape index (κ3) is 3.05. The van der Waals surface area contributed by atoms with Crippen LogP contribution >= 0.6 is 11.3 Å². The summed E-state index contributed by atoms with van der Waals surface area (Å²) in [4.78, 5) is 1.26. The van der Waals surface area contributed by atoms with Crippen molar-refractivity contribution in [2.45, 2.75) is 20.0 Å². The van der Waals surface area contributed by atoms with E-state index in [0.717, 1.165) is 6.54 Å². The van der Waals surface area contributed by atoms with Crippen molar-refractivity contribution in [1.82, 2.24) is 5.32 Å². The first-order valence-electron chi connectivity index (χ1n) is 5.38. The first-order valence-corrected chi connectivity index (χ1v) is 6.26. The number of hydrogen-bond acceptors (Lipinski definition) is 3. The van der Waals surface area contributed by atoms with Crippen LogP contribution in [-0.2, 0) is 13.1 Å². The van der Waals surface area contributed by atoms with Gasteiger partial charge < -0.3 is 10.4 Å². The maximum absolute atomic E-state index is 13.0. The zero-order chi connectivity index (χ0) is 12.3. The molecule has 17 heavy (non-hydrogen) atoms. The number of rotatable bonds is 4. The Morgan fingerprint density at radius 2 is 2.12 bits per heavy atom. The first-order chi connectivity index (χ1) is 8.16. The maximum Gasteiger partial charge on any atom is 0.123 e. The smallest absolute Gasteiger partial charge is 0.123 e. The molecule has 0 amide bonds. The van der Waals surface area contributed by atoms with E-state index < -0.39 is 0 Å². The van der Waals surface area contributed by atoms with Crippen LogP contribution in [0.3, 0.4) is 0 Å². The maximum atomic E-state index is 13.0. The number of phenolic OH excluding ortho intramolecular Hbond substituents is 1. The minimum atomic E-state index is -0.327. The zero-order valence-electron chi connectivity index (χ0n) is 9.53. The molecule has 0 aliphatic carbocycles. The fourth-order valence-corrected chi connectivity index (χ4v) is 2.47. The molecular formula is C13H14FNOS. The van der Waals surface area contributed by atoms with Crippen molar-refractivity contribution in [2.75, 3.05) is 0 Å². The topological polar surface area (TPSA) is 32.3 Å². The van der Waals surface area contributed by atoms with E-state index >= 15 is 0 Å². The largest absolute Gasteiger partial charge is 0.508 e. The molecular weight excluding hydrogens is 237 g/mol. The molecule has 0 aliphatic rings. The Kier molecular flexibility index (Phi) is 3.76. The summed E-state index contributed by atoms with van der Waals surface area (Å²) < 4.78 is 13.0. The lowest BCUT2D eigenvalue weighted by Gasteiger charge is -2.06. The van der Waals surface area contributed by atoms with Gasteiger partial charge in [-0.05, 0) is 42.1 Å². The molecule has 0 saturated heterocycles. The normalized spacial score (nSPS) is 10.7. The van der Waals surface area contributed by atoms with Crippen LogP contribution in [0.4, 0.5) is 4.39 Å². The van der Waals surface area contributed by atoms with Crippen LogP contribution in [0.1, 0.15) is 16.0 Å². The first kappa shape index (κ1) is 12.1. The van der Waals surface area contributed by atoms with Crippen molar-refractivity contribution in [3.63, 3.8) is 0 Å². The highest BCUT2D eigenvalue weighted by Crippen LogP contribution is 2.19. The molecule has 2 aromatic rings. The van der Waals surface area contributed by atoms with Crippen molar-refractivity contribution >= 4 is 11.3 Å². The number of benzene rings is 1. The number of aromatic hydroxyl groups is 1. The molecule has 1 heterocycles. The predicted molar refractivity (Wildman–Crippen MR) is 67.7 cm³/mol. The third-order valence-corrected chi connectivity index (χ3v) is 3.63. The minimum absolute atomic E-state index is 0.127. The highest BCUT2D eigenvalue weighted by molar-refractivity contribution is 7.10. The molecule has 2 N–H and O–H groups in total. The van der Waals surface area contributed by atoms with E-state index in [4.69, 9.17) is 0 Å². The van der Waals surface area contributed by atoms with Gasteiger partial charge in [0.1, 0.15) is 11.6 Å². The van der Waals surface area contributed by atoms with Crippen LogP contribution < -0.4 is 5.32 Å². The average molecular weight is 251 g/mol. The molecule has 2 nitrogen and oxygen atoms in total. The van der Waals surface area contributed by atoms with Crippen LogP contribution in [0.15, 0.2) is 29.6 Å². The van der Waals surface area contributed by atoms with Gasteiger partial charge in [0.15, 0.2) is 0 Å². The van der Waals surface area contributed by atoms with Crippen molar-refractivity contribution in [1.29, 1.82) is 0 Å². The molecule has 0 saturated carbocycles. The van der Waals surface area contributed by atoms with Gasteiger partial charge in [-0.25, -0.2) is 4.39 Å². The van der Waals surface area contributed by atoms with Gasteiger partial charge in [0.2, 0.25) is 0 Å². The van der Waals surface area contributed by atoms with Gasteiger partial charge in [-0.3, -0.25) is 0 Å². The molecule has 0 fully saturated rings. The van der Waals surface area contributed by atoms with Crippen LogP contribution in [0, 0.1) is 12.7 Å². The Balaban J connectivity index is 1.94. The molecule has 0 spiro atoms. The summed E-state index contributed by atoms with van der Waals surface area (Å²) >= 11 is 1.69. The van der Waals surface area contributed by atoms with Crippen LogP contribution in [0.5, 0.6) is 5.75 Å². The predicted octanol–water partition coefficient (Wildman–Crippen LogP) is 3.19. The zero-order valence-corrected chi connectivity index (χ0v) is 10.4. The van der Waals surface area contributed by atoms with Gasteiger partial charge in [-0.15, -0.1) is 11.3 Å². The number of thiophene rings is 1. The molecule has 90 valence electrons. The molecule has 0 aliphatic heterocycles. The monoisotopic (exact) mass is 251 g/mol. The van der Waals surface area contributed by atoms with E-state index in [9.17, 15) is 9.50 Å². The summed E-state index contributed by atoms with van der Waals surface area (Å²) in [6, 6.07) is 6.05. The number of phenols is 1. The molecule has 1 aromatic carbocycles. The Hall–Kier alpha value is -1.39. The lowest BCUT2D eigenvalue weighted by atomic mass is 10.2. The standard InChI is InChI=1S/C13H14FNOS/c1-9-4-5-17-13(9)8-15-7-10-6-11(14)2-3-12(10)16/h2-6,15-16H,7-8H2,1H3. The Bertz CT molecular complexity index is 510. The molecule has 0 atom stereocenters. The fourth-order valence-electron chi connectivity index (χ4n) is 1.59. The van der Waals surface area contributed by atoms with Crippen molar-refractivity contribution in [3.05, 3.63) is 51.5 Å². The summed E-state index contributed by atoms with van der Waals surface area (Å²) in [6.07, 6.45) is 0. The van der Waals surface area contributed by atoms with E-state index in [1.54, 1.807) is 11.3 Å². The number of halogens is 1. The second-order valence-corrected chi connectivity index (χ2v) is 4.90. The third-order valence-electron chi connectivity index (χ3n) is 2.61. The Morgan fingerprint density at radius 3 is 2.82 bits per heavy atom. The van der Waals surface area contributed by atoms with Crippen molar-refractivity contribution in [3.8, 4) is 5.75 Å². The quantitative estimate of drug-likeness (QED) is 0.874. The molecule has 0 radical (unpaired) electrons. The summed E-state index contributed by atoms with van der Waals surface area (Å²) in [5.41, 5.74) is 1.84. The minimum Gasteiger partial charge on any atom is -0.508 e. The van der Waals surface area contributed by atoms with E-state index in [2.05, 4.69) is 18.3 Å². The van der Waals surface area contributed by atoms with E-state index in [1.807, 2.05) is 5.38 Å². The highest BCUT2D eigenvalue weighted by atomic mass is 32.1. The second-order valence-electron chi connectivity index (χ2n) is 3.90. The summed E-state index contributed by atoms with van der Waals surface area (Å²) in [5.74, 6) is -0.200. The Labute approximate surface area is 104 Å². The second kappa shape index (κ2) is 5.29. The fraction of sp³-hybridized carbons (Fsp3) is 0.231. The number of hydrogen-bond donors (Lipinski definition) is 2. The number of nitrogens with one attached hydrogen (secondary N) is 1. The molecule has 0 bridgehead atoms. The molecule has 2 rings (SSSR count). The Morgan fingerprint density at radius 1 is 1.29 bits per heavy atom. The average Bonchev–Trinajstić information content (AvgIpc) is 2.70. The van der Waals surface area contributed by atoms with Crippen LogP contribution in [-0.4, -0.2) is 5.11 Å². The lowest BCUT2D eigenvalue weighted by Crippen LogP contribution is -2.12. The van der Waals surface area contributed by atoms with Crippen LogP contribution in [0.2, 0.25) is 0 Å². The van der Waals surface area contributed by atoms with E-state index in [0.29, 0.717) is 12.1 Å².